The zero-order valence-electron chi connectivity index (χ0n) is 10.8. The molecule has 1 aliphatic carbocycles. The van der Waals surface area contributed by atoms with Gasteiger partial charge >= 0.3 is 0 Å². The van der Waals surface area contributed by atoms with Gasteiger partial charge in [0.15, 0.2) is 0 Å². The van der Waals surface area contributed by atoms with Gasteiger partial charge in [0.2, 0.25) is 5.88 Å². The molecule has 0 aromatic carbocycles. The van der Waals surface area contributed by atoms with Crippen LogP contribution in [0.2, 0.25) is 0 Å². The van der Waals surface area contributed by atoms with E-state index in [0.29, 0.717) is 5.88 Å². The molecule has 94 valence electrons. The molecule has 3 nitrogen and oxygen atoms in total. The normalized spacial score (nSPS) is 24.4. The van der Waals surface area contributed by atoms with E-state index in [1.165, 1.54) is 25.7 Å². The predicted octanol–water partition coefficient (Wildman–Crippen LogP) is 3.33. The first-order valence-electron chi connectivity index (χ1n) is 6.52. The zero-order chi connectivity index (χ0) is 12.1. The van der Waals surface area contributed by atoms with Crippen molar-refractivity contribution in [1.29, 1.82) is 0 Å². The lowest BCUT2D eigenvalue weighted by atomic mass is 9.83. The molecular formula is C14H22N2O. The molecule has 1 fully saturated rings. The fourth-order valence-corrected chi connectivity index (χ4v) is 2.40. The number of ether oxygens (including phenoxy) is 1. The van der Waals surface area contributed by atoms with Crippen molar-refractivity contribution >= 4 is 5.69 Å². The van der Waals surface area contributed by atoms with E-state index in [4.69, 9.17) is 4.74 Å². The van der Waals surface area contributed by atoms with Gasteiger partial charge in [0, 0.05) is 12.6 Å². The number of nitrogens with one attached hydrogen (secondary N) is 1. The van der Waals surface area contributed by atoms with Crippen LogP contribution in [-0.4, -0.2) is 18.6 Å². The number of hydrogen-bond donors (Lipinski definition) is 1. The van der Waals surface area contributed by atoms with Crippen LogP contribution in [0.5, 0.6) is 5.88 Å². The molecule has 17 heavy (non-hydrogen) atoms. The average molecular weight is 234 g/mol. The van der Waals surface area contributed by atoms with E-state index in [1.54, 1.807) is 7.11 Å². The van der Waals surface area contributed by atoms with Crippen LogP contribution in [0.1, 0.15) is 32.6 Å². The molecule has 3 heteroatoms. The van der Waals surface area contributed by atoms with Crippen LogP contribution in [0.4, 0.5) is 5.69 Å². The minimum atomic E-state index is 0.669. The quantitative estimate of drug-likeness (QED) is 0.867. The molecule has 0 radical (unpaired) electrons. The molecule has 0 bridgehead atoms. The Morgan fingerprint density at radius 1 is 1.29 bits per heavy atom. The number of hydrogen-bond acceptors (Lipinski definition) is 3. The van der Waals surface area contributed by atoms with E-state index >= 15 is 0 Å². The fraction of sp³-hybridized carbons (Fsp3) is 0.643. The van der Waals surface area contributed by atoms with Gasteiger partial charge in [-0.25, -0.2) is 4.98 Å². The highest BCUT2D eigenvalue weighted by Crippen LogP contribution is 2.28. The summed E-state index contributed by atoms with van der Waals surface area (Å²) in [6, 6.07) is 3.92. The Bertz CT molecular complexity index is 329. The summed E-state index contributed by atoms with van der Waals surface area (Å²) >= 11 is 0. The van der Waals surface area contributed by atoms with Crippen LogP contribution < -0.4 is 10.1 Å². The second kappa shape index (κ2) is 5.89. The molecule has 0 unspecified atom stereocenters. The molecule has 1 saturated carbocycles. The molecule has 0 saturated heterocycles. The van der Waals surface area contributed by atoms with Crippen molar-refractivity contribution in [2.75, 3.05) is 19.0 Å². The Labute approximate surface area is 104 Å². The van der Waals surface area contributed by atoms with Crippen molar-refractivity contribution in [2.24, 2.45) is 11.8 Å². The van der Waals surface area contributed by atoms with Gasteiger partial charge in [-0.15, -0.1) is 0 Å². The van der Waals surface area contributed by atoms with Crippen molar-refractivity contribution in [1.82, 2.24) is 4.98 Å². The van der Waals surface area contributed by atoms with Crippen molar-refractivity contribution in [2.45, 2.75) is 32.6 Å². The molecular weight excluding hydrogens is 212 g/mol. The lowest BCUT2D eigenvalue weighted by Gasteiger charge is -2.26. The average Bonchev–Trinajstić information content (AvgIpc) is 2.39. The van der Waals surface area contributed by atoms with Crippen molar-refractivity contribution in [3.05, 3.63) is 18.3 Å². The summed E-state index contributed by atoms with van der Waals surface area (Å²) in [6.07, 6.45) is 7.32. The Hall–Kier alpha value is -1.25. The second-order valence-corrected chi connectivity index (χ2v) is 5.10. The highest BCUT2D eigenvalue weighted by atomic mass is 16.5. The van der Waals surface area contributed by atoms with Crippen molar-refractivity contribution < 1.29 is 4.74 Å². The Morgan fingerprint density at radius 3 is 2.65 bits per heavy atom. The third-order valence-corrected chi connectivity index (χ3v) is 3.68. The number of pyridine rings is 1. The van der Waals surface area contributed by atoms with Crippen molar-refractivity contribution in [3.63, 3.8) is 0 Å². The first kappa shape index (κ1) is 12.2. The molecule has 1 aromatic rings. The second-order valence-electron chi connectivity index (χ2n) is 5.10. The summed E-state index contributed by atoms with van der Waals surface area (Å²) < 4.78 is 5.04. The Kier molecular flexibility index (Phi) is 4.24. The van der Waals surface area contributed by atoms with Crippen LogP contribution >= 0.6 is 0 Å². The van der Waals surface area contributed by atoms with E-state index in [1.807, 2.05) is 18.3 Å². The fourth-order valence-electron chi connectivity index (χ4n) is 2.40. The topological polar surface area (TPSA) is 34.1 Å². The first-order chi connectivity index (χ1) is 8.28. The molecule has 0 aliphatic heterocycles. The lowest BCUT2D eigenvalue weighted by Crippen LogP contribution is -2.20. The summed E-state index contributed by atoms with van der Waals surface area (Å²) in [5.41, 5.74) is 1.09. The molecule has 1 aliphatic rings. The maximum Gasteiger partial charge on any atom is 0.213 e. The minimum absolute atomic E-state index is 0.669. The summed E-state index contributed by atoms with van der Waals surface area (Å²) in [4.78, 5) is 4.19. The van der Waals surface area contributed by atoms with Gasteiger partial charge in [0.1, 0.15) is 0 Å². The number of methoxy groups -OCH3 is 1. The van der Waals surface area contributed by atoms with Crippen LogP contribution in [0.25, 0.3) is 0 Å². The van der Waals surface area contributed by atoms with Gasteiger partial charge in [-0.2, -0.15) is 0 Å². The number of rotatable bonds is 4. The standard InChI is InChI=1S/C14H22N2O/c1-11-3-5-12(6-4-11)9-15-13-7-8-14(17-2)16-10-13/h7-8,10-12,15H,3-6,9H2,1-2H3. The molecule has 0 spiro atoms. The van der Waals surface area contributed by atoms with E-state index < -0.39 is 0 Å². The molecule has 2 rings (SSSR count). The van der Waals surface area contributed by atoms with Gasteiger partial charge in [-0.1, -0.05) is 19.8 Å². The highest BCUT2D eigenvalue weighted by Gasteiger charge is 2.17. The van der Waals surface area contributed by atoms with E-state index in [9.17, 15) is 0 Å². The predicted molar refractivity (Wildman–Crippen MR) is 70.4 cm³/mol. The summed E-state index contributed by atoms with van der Waals surface area (Å²) in [6.45, 7) is 3.43. The van der Waals surface area contributed by atoms with Crippen LogP contribution in [0.3, 0.4) is 0 Å². The highest BCUT2D eigenvalue weighted by molar-refractivity contribution is 5.41. The Morgan fingerprint density at radius 2 is 2.06 bits per heavy atom. The maximum absolute atomic E-state index is 5.04. The van der Waals surface area contributed by atoms with Crippen molar-refractivity contribution in [3.8, 4) is 5.88 Å². The van der Waals surface area contributed by atoms with Gasteiger partial charge in [0.25, 0.3) is 0 Å². The zero-order valence-corrected chi connectivity index (χ0v) is 10.8. The van der Waals surface area contributed by atoms with Gasteiger partial charge in [0.05, 0.1) is 19.0 Å². The monoisotopic (exact) mass is 234 g/mol. The van der Waals surface area contributed by atoms with E-state index in [-0.39, 0.29) is 0 Å². The number of anilines is 1. The Balaban J connectivity index is 1.77. The molecule has 1 heterocycles. The van der Waals surface area contributed by atoms with E-state index in [0.717, 1.165) is 24.1 Å². The lowest BCUT2D eigenvalue weighted by molar-refractivity contribution is 0.300. The number of nitrogens with zero attached hydrogens (tertiary/aromatic N) is 1. The SMILES string of the molecule is COc1ccc(NCC2CCC(C)CC2)cn1. The first-order valence-corrected chi connectivity index (χ1v) is 6.52. The summed E-state index contributed by atoms with van der Waals surface area (Å²) in [5.74, 6) is 2.42. The van der Waals surface area contributed by atoms with Crippen LogP contribution in [0.15, 0.2) is 18.3 Å². The van der Waals surface area contributed by atoms with Crippen LogP contribution in [-0.2, 0) is 0 Å². The molecule has 1 aromatic heterocycles. The molecule has 1 N–H and O–H groups in total. The van der Waals surface area contributed by atoms with Gasteiger partial charge in [-0.3, -0.25) is 0 Å². The number of aromatic nitrogens is 1. The minimum Gasteiger partial charge on any atom is -0.481 e. The largest absolute Gasteiger partial charge is 0.481 e. The third kappa shape index (κ3) is 3.62. The third-order valence-electron chi connectivity index (χ3n) is 3.68. The van der Waals surface area contributed by atoms with Crippen LogP contribution in [0, 0.1) is 11.8 Å². The van der Waals surface area contributed by atoms with Gasteiger partial charge < -0.3 is 10.1 Å². The van der Waals surface area contributed by atoms with Gasteiger partial charge in [-0.05, 0) is 30.7 Å². The maximum atomic E-state index is 5.04. The smallest absolute Gasteiger partial charge is 0.213 e. The van der Waals surface area contributed by atoms with E-state index in [2.05, 4.69) is 17.2 Å². The summed E-state index contributed by atoms with van der Waals surface area (Å²) in [7, 11) is 1.64. The molecule has 0 amide bonds. The summed E-state index contributed by atoms with van der Waals surface area (Å²) in [5, 5.41) is 3.46. The molecule has 0 atom stereocenters.